The van der Waals surface area contributed by atoms with Gasteiger partial charge in [0, 0.05) is 13.1 Å². The van der Waals surface area contributed by atoms with Crippen molar-refractivity contribution in [3.05, 3.63) is 30.3 Å². The number of hydrogen-bond acceptors (Lipinski definition) is 3. The minimum Gasteiger partial charge on any atom is -0.354 e. The summed E-state index contributed by atoms with van der Waals surface area (Å²) < 4.78 is 27.8. The molecule has 6 heteroatoms. The second-order valence-electron chi connectivity index (χ2n) is 10.1. The first-order chi connectivity index (χ1) is 14.0. The maximum Gasteiger partial charge on any atom is 0.243 e. The van der Waals surface area contributed by atoms with Crippen LogP contribution in [0.5, 0.6) is 0 Å². The Kier molecular flexibility index (Phi) is 4.98. The Hall–Kier alpha value is -1.40. The first-order valence-electron chi connectivity index (χ1n) is 11.3. The van der Waals surface area contributed by atoms with E-state index in [0.29, 0.717) is 13.0 Å². The second-order valence-corrected chi connectivity index (χ2v) is 12.0. The molecule has 0 spiro atoms. The van der Waals surface area contributed by atoms with Crippen LogP contribution in [-0.2, 0) is 14.8 Å². The molecule has 1 aromatic rings. The van der Waals surface area contributed by atoms with Crippen LogP contribution >= 0.6 is 0 Å². The van der Waals surface area contributed by atoms with Crippen molar-refractivity contribution in [3.63, 3.8) is 0 Å². The predicted octanol–water partition coefficient (Wildman–Crippen LogP) is 3.56. The number of rotatable bonds is 5. The van der Waals surface area contributed by atoms with Crippen LogP contribution in [0.15, 0.2) is 35.2 Å². The predicted molar refractivity (Wildman–Crippen MR) is 112 cm³/mol. The molecule has 5 aliphatic rings. The van der Waals surface area contributed by atoms with Crippen LogP contribution in [0.4, 0.5) is 0 Å². The zero-order chi connectivity index (χ0) is 20.1. The van der Waals surface area contributed by atoms with E-state index >= 15 is 0 Å². The van der Waals surface area contributed by atoms with Gasteiger partial charge >= 0.3 is 0 Å². The van der Waals surface area contributed by atoms with Crippen molar-refractivity contribution >= 4 is 15.9 Å². The molecule has 1 atom stereocenters. The summed E-state index contributed by atoms with van der Waals surface area (Å²) in [6.07, 6.45) is 10.2. The molecule has 4 bridgehead atoms. The zero-order valence-corrected chi connectivity index (χ0v) is 17.9. The molecule has 1 unspecified atom stereocenters. The first-order valence-corrected chi connectivity index (χ1v) is 12.7. The van der Waals surface area contributed by atoms with Crippen molar-refractivity contribution in [1.29, 1.82) is 0 Å². The summed E-state index contributed by atoms with van der Waals surface area (Å²) in [5.74, 6) is 2.45. The monoisotopic (exact) mass is 416 g/mol. The van der Waals surface area contributed by atoms with Crippen molar-refractivity contribution in [1.82, 2.24) is 9.62 Å². The molecule has 6 rings (SSSR count). The van der Waals surface area contributed by atoms with E-state index in [2.05, 4.69) is 5.32 Å². The number of hydrogen-bond donors (Lipinski definition) is 1. The lowest BCUT2D eigenvalue weighted by atomic mass is 9.49. The van der Waals surface area contributed by atoms with E-state index in [9.17, 15) is 13.2 Å². The molecular weight excluding hydrogens is 384 g/mol. The summed E-state index contributed by atoms with van der Waals surface area (Å²) >= 11 is 0. The first kappa shape index (κ1) is 19.6. The number of piperidine rings is 1. The smallest absolute Gasteiger partial charge is 0.243 e. The summed E-state index contributed by atoms with van der Waals surface area (Å²) in [5.41, 5.74) is 0.266. The van der Waals surface area contributed by atoms with Crippen LogP contribution in [0, 0.1) is 23.2 Å². The molecule has 1 aliphatic heterocycles. The molecule has 1 aromatic carbocycles. The van der Waals surface area contributed by atoms with E-state index in [0.717, 1.165) is 37.1 Å². The Morgan fingerprint density at radius 1 is 1.00 bits per heavy atom. The fraction of sp³-hybridized carbons (Fsp3) is 0.696. The molecule has 1 heterocycles. The lowest BCUT2D eigenvalue weighted by Gasteiger charge is -2.57. The molecule has 5 fully saturated rings. The lowest BCUT2D eigenvalue weighted by Crippen LogP contribution is -2.55. The normalized spacial score (nSPS) is 36.8. The number of amides is 1. The Morgan fingerprint density at radius 2 is 1.62 bits per heavy atom. The van der Waals surface area contributed by atoms with E-state index in [1.54, 1.807) is 24.3 Å². The van der Waals surface area contributed by atoms with Gasteiger partial charge in [0.25, 0.3) is 0 Å². The van der Waals surface area contributed by atoms with Gasteiger partial charge in [-0.15, -0.1) is 0 Å². The van der Waals surface area contributed by atoms with E-state index < -0.39 is 16.1 Å². The van der Waals surface area contributed by atoms with Crippen molar-refractivity contribution in [2.45, 2.75) is 68.7 Å². The average molecular weight is 417 g/mol. The quantitative estimate of drug-likeness (QED) is 0.798. The summed E-state index contributed by atoms with van der Waals surface area (Å²) in [6.45, 7) is 1.15. The SMILES string of the molecule is O=C(NCC12CC3CC(CC(C3)C1)C2)C1CCCCN1S(=O)(=O)c1ccccc1. The van der Waals surface area contributed by atoms with Crippen LogP contribution in [0.1, 0.15) is 57.8 Å². The molecule has 0 aromatic heterocycles. The van der Waals surface area contributed by atoms with Gasteiger partial charge in [-0.3, -0.25) is 4.79 Å². The van der Waals surface area contributed by atoms with Gasteiger partial charge in [-0.1, -0.05) is 24.6 Å². The summed E-state index contributed by atoms with van der Waals surface area (Å²) in [6, 6.07) is 7.94. The van der Waals surface area contributed by atoms with E-state index in [1.807, 2.05) is 6.07 Å². The van der Waals surface area contributed by atoms with Crippen molar-refractivity contribution < 1.29 is 13.2 Å². The van der Waals surface area contributed by atoms with Crippen molar-refractivity contribution in [3.8, 4) is 0 Å². The van der Waals surface area contributed by atoms with Crippen LogP contribution in [0.3, 0.4) is 0 Å². The number of benzene rings is 1. The van der Waals surface area contributed by atoms with Gasteiger partial charge in [0.1, 0.15) is 6.04 Å². The van der Waals surface area contributed by atoms with Crippen LogP contribution in [-0.4, -0.2) is 37.8 Å². The summed E-state index contributed by atoms with van der Waals surface area (Å²) in [5, 5.41) is 3.22. The summed E-state index contributed by atoms with van der Waals surface area (Å²) in [7, 11) is -3.65. The summed E-state index contributed by atoms with van der Waals surface area (Å²) in [4.78, 5) is 13.4. The Bertz CT molecular complexity index is 832. The van der Waals surface area contributed by atoms with Crippen LogP contribution in [0.2, 0.25) is 0 Å². The molecule has 4 aliphatic carbocycles. The molecule has 4 saturated carbocycles. The van der Waals surface area contributed by atoms with E-state index in [-0.39, 0.29) is 16.2 Å². The largest absolute Gasteiger partial charge is 0.354 e. The third kappa shape index (κ3) is 3.63. The Labute approximate surface area is 174 Å². The number of sulfonamides is 1. The van der Waals surface area contributed by atoms with Crippen molar-refractivity contribution in [2.24, 2.45) is 23.2 Å². The molecule has 0 radical (unpaired) electrons. The fourth-order valence-corrected chi connectivity index (χ4v) is 8.76. The molecule has 1 N–H and O–H groups in total. The molecule has 158 valence electrons. The van der Waals surface area contributed by atoms with Gasteiger partial charge in [0.2, 0.25) is 15.9 Å². The van der Waals surface area contributed by atoms with Gasteiger partial charge in [-0.2, -0.15) is 4.31 Å². The number of carbonyl (C=O) groups excluding carboxylic acids is 1. The second kappa shape index (κ2) is 7.38. The number of nitrogens with zero attached hydrogens (tertiary/aromatic N) is 1. The highest BCUT2D eigenvalue weighted by Crippen LogP contribution is 2.59. The minimum absolute atomic E-state index is 0.0973. The van der Waals surface area contributed by atoms with Gasteiger partial charge in [-0.05, 0) is 86.7 Å². The third-order valence-electron chi connectivity index (χ3n) is 7.91. The Morgan fingerprint density at radius 3 is 2.24 bits per heavy atom. The molecular formula is C23H32N2O3S. The van der Waals surface area contributed by atoms with Crippen LogP contribution < -0.4 is 5.32 Å². The van der Waals surface area contributed by atoms with Gasteiger partial charge in [0.05, 0.1) is 4.90 Å². The topological polar surface area (TPSA) is 66.5 Å². The Balaban J connectivity index is 1.29. The molecule has 1 saturated heterocycles. The standard InChI is InChI=1S/C23H32N2O3S/c26-22(24-16-23-13-17-10-18(14-23)12-19(11-17)15-23)21-8-4-5-9-25(21)29(27,28)20-6-2-1-3-7-20/h1-3,6-7,17-19,21H,4-5,8-16H2,(H,24,26). The number of carbonyl (C=O) groups is 1. The molecule has 29 heavy (non-hydrogen) atoms. The van der Waals surface area contributed by atoms with E-state index in [4.69, 9.17) is 0 Å². The third-order valence-corrected chi connectivity index (χ3v) is 9.83. The molecule has 1 amide bonds. The highest BCUT2D eigenvalue weighted by Gasteiger charge is 2.51. The minimum atomic E-state index is -3.65. The number of nitrogens with one attached hydrogen (secondary N) is 1. The van der Waals surface area contributed by atoms with Gasteiger partial charge < -0.3 is 5.32 Å². The molecule has 5 nitrogen and oxygen atoms in total. The van der Waals surface area contributed by atoms with Gasteiger partial charge in [0.15, 0.2) is 0 Å². The average Bonchev–Trinajstić information content (AvgIpc) is 2.72. The zero-order valence-electron chi connectivity index (χ0n) is 17.1. The highest BCUT2D eigenvalue weighted by molar-refractivity contribution is 7.89. The maximum absolute atomic E-state index is 13.2. The highest BCUT2D eigenvalue weighted by atomic mass is 32.2. The maximum atomic E-state index is 13.2. The fourth-order valence-electron chi connectivity index (χ4n) is 7.08. The van der Waals surface area contributed by atoms with Gasteiger partial charge in [-0.25, -0.2) is 8.42 Å². The van der Waals surface area contributed by atoms with Crippen molar-refractivity contribution in [2.75, 3.05) is 13.1 Å². The van der Waals surface area contributed by atoms with E-state index in [1.165, 1.54) is 42.8 Å². The lowest BCUT2D eigenvalue weighted by molar-refractivity contribution is -0.127. The van der Waals surface area contributed by atoms with Crippen LogP contribution in [0.25, 0.3) is 0 Å².